The van der Waals surface area contributed by atoms with Gasteiger partial charge in [-0.25, -0.2) is 4.98 Å². The number of thiazole rings is 1. The highest BCUT2D eigenvalue weighted by molar-refractivity contribution is 7.22. The molecule has 6 nitrogen and oxygen atoms in total. The summed E-state index contributed by atoms with van der Waals surface area (Å²) < 4.78 is 2.86. The van der Waals surface area contributed by atoms with Crippen LogP contribution >= 0.6 is 11.3 Å². The summed E-state index contributed by atoms with van der Waals surface area (Å²) in [5, 5.41) is 5.11. The van der Waals surface area contributed by atoms with Crippen molar-refractivity contribution >= 4 is 32.6 Å². The van der Waals surface area contributed by atoms with Crippen molar-refractivity contribution in [3.8, 4) is 0 Å². The molecule has 0 unspecified atom stereocenters. The molecule has 1 aliphatic heterocycles. The number of fused-ring (bicyclic) bond motifs is 1. The summed E-state index contributed by atoms with van der Waals surface area (Å²) in [6.07, 6.45) is 3.39. The number of hydrogen-bond donors (Lipinski definition) is 0. The molecule has 3 aromatic rings. The van der Waals surface area contributed by atoms with Crippen LogP contribution < -0.4 is 4.90 Å². The van der Waals surface area contributed by atoms with Gasteiger partial charge in [-0.1, -0.05) is 23.5 Å². The number of hydrogen-bond acceptors (Lipinski definition) is 5. The number of piperazine rings is 1. The lowest BCUT2D eigenvalue weighted by molar-refractivity contribution is 0.0746. The predicted octanol–water partition coefficient (Wildman–Crippen LogP) is 1.99. The minimum absolute atomic E-state index is 0.0575. The van der Waals surface area contributed by atoms with Gasteiger partial charge in [-0.3, -0.25) is 9.48 Å². The van der Waals surface area contributed by atoms with Crippen LogP contribution in [-0.2, 0) is 7.05 Å². The number of para-hydroxylation sites is 1. The Balaban J connectivity index is 1.45. The Morgan fingerprint density at radius 3 is 2.65 bits per heavy atom. The average Bonchev–Trinajstić information content (AvgIpc) is 3.20. The number of nitrogens with zero attached hydrogens (tertiary/aromatic N) is 5. The van der Waals surface area contributed by atoms with Gasteiger partial charge in [0.05, 0.1) is 22.0 Å². The zero-order valence-corrected chi connectivity index (χ0v) is 13.7. The fourth-order valence-electron chi connectivity index (χ4n) is 2.81. The Labute approximate surface area is 138 Å². The first-order chi connectivity index (χ1) is 11.2. The summed E-state index contributed by atoms with van der Waals surface area (Å²) in [4.78, 5) is 21.3. The topological polar surface area (TPSA) is 54.3 Å². The van der Waals surface area contributed by atoms with Gasteiger partial charge >= 0.3 is 0 Å². The van der Waals surface area contributed by atoms with Crippen molar-refractivity contribution in [3.63, 3.8) is 0 Å². The third-order valence-electron chi connectivity index (χ3n) is 4.07. The van der Waals surface area contributed by atoms with E-state index in [-0.39, 0.29) is 5.91 Å². The lowest BCUT2D eigenvalue weighted by atomic mass is 10.2. The van der Waals surface area contributed by atoms with Crippen molar-refractivity contribution in [3.05, 3.63) is 42.2 Å². The SMILES string of the molecule is Cn1cc(C(=O)N2CCN(c3nc4ccccc4s3)CC2)cn1. The maximum absolute atomic E-state index is 12.4. The van der Waals surface area contributed by atoms with Crippen LogP contribution in [0.5, 0.6) is 0 Å². The summed E-state index contributed by atoms with van der Waals surface area (Å²) in [6, 6.07) is 8.18. The molecule has 23 heavy (non-hydrogen) atoms. The quantitative estimate of drug-likeness (QED) is 0.722. The molecule has 0 radical (unpaired) electrons. The summed E-state index contributed by atoms with van der Waals surface area (Å²) >= 11 is 1.71. The van der Waals surface area contributed by atoms with E-state index in [1.807, 2.05) is 30.1 Å². The van der Waals surface area contributed by atoms with E-state index in [1.54, 1.807) is 28.4 Å². The van der Waals surface area contributed by atoms with Crippen LogP contribution in [-0.4, -0.2) is 51.8 Å². The molecule has 0 saturated carbocycles. The summed E-state index contributed by atoms with van der Waals surface area (Å²) in [7, 11) is 1.82. The molecule has 0 aliphatic carbocycles. The minimum atomic E-state index is 0.0575. The number of carbonyl (C=O) groups excluding carboxylic acids is 1. The average molecular weight is 327 g/mol. The number of rotatable bonds is 2. The standard InChI is InChI=1S/C16H17N5OS/c1-19-11-12(10-17-19)15(22)20-6-8-21(9-7-20)16-18-13-4-2-3-5-14(13)23-16/h2-5,10-11H,6-9H2,1H3. The second-order valence-electron chi connectivity index (χ2n) is 5.65. The van der Waals surface area contributed by atoms with Crippen molar-refractivity contribution in [2.24, 2.45) is 7.05 Å². The molecule has 0 spiro atoms. The lowest BCUT2D eigenvalue weighted by Crippen LogP contribution is -2.48. The second-order valence-corrected chi connectivity index (χ2v) is 6.66. The van der Waals surface area contributed by atoms with Gasteiger partial charge in [0, 0.05) is 39.4 Å². The second kappa shape index (κ2) is 5.66. The molecule has 1 amide bonds. The molecular weight excluding hydrogens is 310 g/mol. The molecule has 0 bridgehead atoms. The molecule has 3 heterocycles. The first kappa shape index (κ1) is 14.2. The zero-order valence-electron chi connectivity index (χ0n) is 12.8. The highest BCUT2D eigenvalue weighted by Crippen LogP contribution is 2.29. The number of benzene rings is 1. The number of carbonyl (C=O) groups is 1. The summed E-state index contributed by atoms with van der Waals surface area (Å²) in [5.74, 6) is 0.0575. The number of amides is 1. The van der Waals surface area contributed by atoms with Crippen LogP contribution in [0, 0.1) is 0 Å². The van der Waals surface area contributed by atoms with Crippen molar-refractivity contribution in [1.29, 1.82) is 0 Å². The van der Waals surface area contributed by atoms with Crippen LogP contribution in [0.25, 0.3) is 10.2 Å². The molecule has 1 aliphatic rings. The van der Waals surface area contributed by atoms with E-state index in [2.05, 4.69) is 16.1 Å². The first-order valence-electron chi connectivity index (χ1n) is 7.59. The van der Waals surface area contributed by atoms with Crippen LogP contribution in [0.1, 0.15) is 10.4 Å². The number of aromatic nitrogens is 3. The van der Waals surface area contributed by atoms with E-state index in [0.29, 0.717) is 18.7 Å². The largest absolute Gasteiger partial charge is 0.345 e. The van der Waals surface area contributed by atoms with Crippen LogP contribution in [0.2, 0.25) is 0 Å². The van der Waals surface area contributed by atoms with Gasteiger partial charge in [0.2, 0.25) is 0 Å². The maximum Gasteiger partial charge on any atom is 0.257 e. The van der Waals surface area contributed by atoms with Crippen LogP contribution in [0.4, 0.5) is 5.13 Å². The van der Waals surface area contributed by atoms with E-state index >= 15 is 0 Å². The van der Waals surface area contributed by atoms with E-state index in [1.165, 1.54) is 4.70 Å². The molecule has 0 atom stereocenters. The smallest absolute Gasteiger partial charge is 0.257 e. The third-order valence-corrected chi connectivity index (χ3v) is 5.17. The summed E-state index contributed by atoms with van der Waals surface area (Å²) in [6.45, 7) is 3.05. The highest BCUT2D eigenvalue weighted by atomic mass is 32.1. The Morgan fingerprint density at radius 1 is 1.17 bits per heavy atom. The Bertz CT molecular complexity index is 814. The van der Waals surface area contributed by atoms with E-state index in [9.17, 15) is 4.79 Å². The van der Waals surface area contributed by atoms with E-state index in [4.69, 9.17) is 4.98 Å². The van der Waals surface area contributed by atoms with E-state index in [0.717, 1.165) is 23.7 Å². The van der Waals surface area contributed by atoms with Crippen LogP contribution in [0.3, 0.4) is 0 Å². The van der Waals surface area contributed by atoms with Crippen LogP contribution in [0.15, 0.2) is 36.7 Å². The van der Waals surface area contributed by atoms with Crippen molar-refractivity contribution in [1.82, 2.24) is 19.7 Å². The van der Waals surface area contributed by atoms with Gasteiger partial charge in [0.25, 0.3) is 5.91 Å². The number of aryl methyl sites for hydroxylation is 1. The van der Waals surface area contributed by atoms with Gasteiger partial charge in [-0.05, 0) is 12.1 Å². The third kappa shape index (κ3) is 2.68. The molecule has 0 N–H and O–H groups in total. The predicted molar refractivity (Wildman–Crippen MR) is 90.9 cm³/mol. The molecule has 118 valence electrons. The molecule has 1 fully saturated rings. The molecule has 1 aromatic carbocycles. The fourth-order valence-corrected chi connectivity index (χ4v) is 3.83. The van der Waals surface area contributed by atoms with Gasteiger partial charge in [0.1, 0.15) is 0 Å². The Hall–Kier alpha value is -2.41. The Morgan fingerprint density at radius 2 is 1.96 bits per heavy atom. The maximum atomic E-state index is 12.4. The highest BCUT2D eigenvalue weighted by Gasteiger charge is 2.24. The minimum Gasteiger partial charge on any atom is -0.345 e. The van der Waals surface area contributed by atoms with Crippen molar-refractivity contribution in [2.75, 3.05) is 31.1 Å². The zero-order chi connectivity index (χ0) is 15.8. The van der Waals surface area contributed by atoms with E-state index < -0.39 is 0 Å². The van der Waals surface area contributed by atoms with Gasteiger partial charge in [-0.2, -0.15) is 5.10 Å². The molecule has 7 heteroatoms. The normalized spacial score (nSPS) is 15.3. The lowest BCUT2D eigenvalue weighted by Gasteiger charge is -2.34. The molecule has 4 rings (SSSR count). The molecule has 1 saturated heterocycles. The summed E-state index contributed by atoms with van der Waals surface area (Å²) in [5.41, 5.74) is 1.70. The van der Waals surface area contributed by atoms with Gasteiger partial charge < -0.3 is 9.80 Å². The molecule has 2 aromatic heterocycles. The number of anilines is 1. The molecular formula is C16H17N5OS. The van der Waals surface area contributed by atoms with Gasteiger partial charge in [-0.15, -0.1) is 0 Å². The fraction of sp³-hybridized carbons (Fsp3) is 0.312. The first-order valence-corrected chi connectivity index (χ1v) is 8.41. The monoisotopic (exact) mass is 327 g/mol. The van der Waals surface area contributed by atoms with Crippen molar-refractivity contribution < 1.29 is 4.79 Å². The van der Waals surface area contributed by atoms with Crippen molar-refractivity contribution in [2.45, 2.75) is 0 Å². The Kier molecular flexibility index (Phi) is 3.49. The van der Waals surface area contributed by atoms with Gasteiger partial charge in [0.15, 0.2) is 5.13 Å².